The lowest BCUT2D eigenvalue weighted by atomic mass is 10.0. The van der Waals surface area contributed by atoms with Crippen LogP contribution in [0.15, 0.2) is 30.3 Å². The third kappa shape index (κ3) is 5.42. The number of ether oxygens (including phenoxy) is 1. The number of hydrogen-bond acceptors (Lipinski definition) is 4. The SMILES string of the molecule is Cc1n[nH]c(C)c1C(NC(=O)CCCOCc1ccccc1)C(=O)O. The van der Waals surface area contributed by atoms with Gasteiger partial charge in [0.05, 0.1) is 12.3 Å². The molecular formula is C18H23N3O4. The zero-order chi connectivity index (χ0) is 18.2. The highest BCUT2D eigenvalue weighted by molar-refractivity contribution is 5.84. The number of amides is 1. The van der Waals surface area contributed by atoms with E-state index in [-0.39, 0.29) is 12.3 Å². The number of nitrogens with zero attached hydrogens (tertiary/aromatic N) is 1. The van der Waals surface area contributed by atoms with E-state index in [0.29, 0.717) is 36.6 Å². The summed E-state index contributed by atoms with van der Waals surface area (Å²) in [5.74, 6) is -1.43. The summed E-state index contributed by atoms with van der Waals surface area (Å²) >= 11 is 0. The molecule has 0 spiro atoms. The molecule has 1 heterocycles. The van der Waals surface area contributed by atoms with Crippen LogP contribution in [-0.2, 0) is 20.9 Å². The summed E-state index contributed by atoms with van der Waals surface area (Å²) in [7, 11) is 0. The molecule has 2 rings (SSSR count). The molecule has 0 bridgehead atoms. The largest absolute Gasteiger partial charge is 0.479 e. The summed E-state index contributed by atoms with van der Waals surface area (Å²) in [5.41, 5.74) is 2.78. The van der Waals surface area contributed by atoms with Crippen LogP contribution >= 0.6 is 0 Å². The fraction of sp³-hybridized carbons (Fsp3) is 0.389. The minimum absolute atomic E-state index is 0.203. The second-order valence-corrected chi connectivity index (χ2v) is 5.83. The maximum absolute atomic E-state index is 12.0. The van der Waals surface area contributed by atoms with Gasteiger partial charge in [-0.05, 0) is 25.8 Å². The number of aromatic amines is 1. The Hall–Kier alpha value is -2.67. The molecule has 25 heavy (non-hydrogen) atoms. The molecule has 1 aromatic heterocycles. The van der Waals surface area contributed by atoms with Gasteiger partial charge in [-0.25, -0.2) is 4.79 Å². The first kappa shape index (κ1) is 18.7. The number of aryl methyl sites for hydroxylation is 2. The fourth-order valence-electron chi connectivity index (χ4n) is 2.57. The summed E-state index contributed by atoms with van der Waals surface area (Å²) in [6.07, 6.45) is 0.725. The van der Waals surface area contributed by atoms with Gasteiger partial charge in [0.25, 0.3) is 0 Å². The molecule has 1 amide bonds. The van der Waals surface area contributed by atoms with Crippen LogP contribution in [0.2, 0.25) is 0 Å². The van der Waals surface area contributed by atoms with Crippen LogP contribution < -0.4 is 5.32 Å². The van der Waals surface area contributed by atoms with Gasteiger partial charge in [0, 0.05) is 24.3 Å². The van der Waals surface area contributed by atoms with E-state index in [9.17, 15) is 14.7 Å². The average Bonchev–Trinajstić information content (AvgIpc) is 2.92. The first-order valence-electron chi connectivity index (χ1n) is 8.14. The zero-order valence-electron chi connectivity index (χ0n) is 14.4. The molecule has 7 heteroatoms. The highest BCUT2D eigenvalue weighted by Gasteiger charge is 2.26. The van der Waals surface area contributed by atoms with Gasteiger partial charge in [0.1, 0.15) is 0 Å². The number of aliphatic carboxylic acids is 1. The molecule has 134 valence electrons. The van der Waals surface area contributed by atoms with Crippen LogP contribution in [0.4, 0.5) is 0 Å². The summed E-state index contributed by atoms with van der Waals surface area (Å²) in [6.45, 7) is 4.37. The monoisotopic (exact) mass is 345 g/mol. The van der Waals surface area contributed by atoms with E-state index in [1.807, 2.05) is 30.3 Å². The minimum atomic E-state index is -1.11. The van der Waals surface area contributed by atoms with Crippen molar-refractivity contribution in [2.45, 2.75) is 39.3 Å². The van der Waals surface area contributed by atoms with Crippen LogP contribution in [0.5, 0.6) is 0 Å². The summed E-state index contributed by atoms with van der Waals surface area (Å²) in [6, 6.07) is 8.67. The van der Waals surface area contributed by atoms with E-state index in [2.05, 4.69) is 15.5 Å². The first-order chi connectivity index (χ1) is 12.0. The smallest absolute Gasteiger partial charge is 0.331 e. The van der Waals surface area contributed by atoms with Crippen molar-refractivity contribution in [3.8, 4) is 0 Å². The molecule has 0 saturated carbocycles. The van der Waals surface area contributed by atoms with Gasteiger partial charge in [0.2, 0.25) is 5.91 Å². The Morgan fingerprint density at radius 3 is 2.60 bits per heavy atom. The van der Waals surface area contributed by atoms with Crippen LogP contribution in [0.25, 0.3) is 0 Å². The Bertz CT molecular complexity index is 693. The van der Waals surface area contributed by atoms with E-state index in [4.69, 9.17) is 4.74 Å². The van der Waals surface area contributed by atoms with Crippen molar-refractivity contribution in [3.05, 3.63) is 52.8 Å². The Morgan fingerprint density at radius 1 is 1.28 bits per heavy atom. The van der Waals surface area contributed by atoms with Gasteiger partial charge in [-0.2, -0.15) is 5.10 Å². The van der Waals surface area contributed by atoms with Crippen LogP contribution in [-0.4, -0.2) is 33.8 Å². The van der Waals surface area contributed by atoms with Crippen molar-refractivity contribution < 1.29 is 19.4 Å². The predicted molar refractivity (Wildman–Crippen MR) is 91.9 cm³/mol. The van der Waals surface area contributed by atoms with E-state index in [1.165, 1.54) is 0 Å². The van der Waals surface area contributed by atoms with Gasteiger partial charge in [-0.15, -0.1) is 0 Å². The third-order valence-corrected chi connectivity index (χ3v) is 3.83. The van der Waals surface area contributed by atoms with Gasteiger partial charge < -0.3 is 15.2 Å². The number of carboxylic acids is 1. The maximum atomic E-state index is 12.0. The van der Waals surface area contributed by atoms with Gasteiger partial charge in [-0.3, -0.25) is 9.89 Å². The molecule has 1 aromatic carbocycles. The van der Waals surface area contributed by atoms with Crippen molar-refractivity contribution in [1.82, 2.24) is 15.5 Å². The molecule has 7 nitrogen and oxygen atoms in total. The number of carbonyl (C=O) groups is 2. The van der Waals surface area contributed by atoms with Crippen molar-refractivity contribution in [3.63, 3.8) is 0 Å². The lowest BCUT2D eigenvalue weighted by Crippen LogP contribution is -2.34. The second-order valence-electron chi connectivity index (χ2n) is 5.83. The number of rotatable bonds is 9. The Labute approximate surface area is 146 Å². The molecule has 0 fully saturated rings. The second kappa shape index (κ2) is 8.98. The Kier molecular flexibility index (Phi) is 6.71. The molecule has 1 atom stereocenters. The van der Waals surface area contributed by atoms with Crippen molar-refractivity contribution in [2.24, 2.45) is 0 Å². The number of aromatic nitrogens is 2. The van der Waals surface area contributed by atoms with Gasteiger partial charge >= 0.3 is 5.97 Å². The highest BCUT2D eigenvalue weighted by Crippen LogP contribution is 2.20. The van der Waals surface area contributed by atoms with E-state index < -0.39 is 12.0 Å². The molecule has 0 aliphatic carbocycles. The molecule has 0 aliphatic rings. The summed E-state index contributed by atoms with van der Waals surface area (Å²) in [5, 5.41) is 18.7. The number of hydrogen-bond donors (Lipinski definition) is 3. The van der Waals surface area contributed by atoms with Crippen LogP contribution in [0.1, 0.15) is 41.4 Å². The van der Waals surface area contributed by atoms with E-state index in [1.54, 1.807) is 13.8 Å². The molecular weight excluding hydrogens is 322 g/mol. The molecule has 1 unspecified atom stereocenters. The number of nitrogens with one attached hydrogen (secondary N) is 2. The van der Waals surface area contributed by atoms with Gasteiger partial charge in [-0.1, -0.05) is 30.3 Å². The summed E-state index contributed by atoms with van der Waals surface area (Å²) in [4.78, 5) is 23.5. The van der Waals surface area contributed by atoms with Crippen LogP contribution in [0.3, 0.4) is 0 Å². The number of H-pyrrole nitrogens is 1. The minimum Gasteiger partial charge on any atom is -0.479 e. The molecule has 0 aliphatic heterocycles. The average molecular weight is 345 g/mol. The van der Waals surface area contributed by atoms with E-state index >= 15 is 0 Å². The van der Waals surface area contributed by atoms with Crippen molar-refractivity contribution in [1.29, 1.82) is 0 Å². The quantitative estimate of drug-likeness (QED) is 0.605. The highest BCUT2D eigenvalue weighted by atomic mass is 16.5. The van der Waals surface area contributed by atoms with Crippen molar-refractivity contribution >= 4 is 11.9 Å². The molecule has 0 radical (unpaired) electrons. The first-order valence-corrected chi connectivity index (χ1v) is 8.14. The normalized spacial score (nSPS) is 11.9. The third-order valence-electron chi connectivity index (χ3n) is 3.83. The van der Waals surface area contributed by atoms with Crippen molar-refractivity contribution in [2.75, 3.05) is 6.61 Å². The Balaban J connectivity index is 1.77. The lowest BCUT2D eigenvalue weighted by molar-refractivity contribution is -0.142. The number of benzene rings is 1. The summed E-state index contributed by atoms with van der Waals surface area (Å²) < 4.78 is 5.52. The predicted octanol–water partition coefficient (Wildman–Crippen LogP) is 2.27. The molecule has 2 aromatic rings. The fourth-order valence-corrected chi connectivity index (χ4v) is 2.57. The molecule has 0 saturated heterocycles. The van der Waals surface area contributed by atoms with Gasteiger partial charge in [0.15, 0.2) is 6.04 Å². The lowest BCUT2D eigenvalue weighted by Gasteiger charge is -2.15. The standard InChI is InChI=1S/C18H23N3O4/c1-12-16(13(2)21-20-12)17(18(23)24)19-15(22)9-6-10-25-11-14-7-4-3-5-8-14/h3-5,7-8,17H,6,9-11H2,1-2H3,(H,19,22)(H,20,21)(H,23,24). The number of carboxylic acid groups (broad SMARTS) is 1. The maximum Gasteiger partial charge on any atom is 0.331 e. The Morgan fingerprint density at radius 2 is 2.00 bits per heavy atom. The van der Waals surface area contributed by atoms with Crippen LogP contribution in [0, 0.1) is 13.8 Å². The zero-order valence-corrected chi connectivity index (χ0v) is 14.4. The topological polar surface area (TPSA) is 104 Å². The number of carbonyl (C=O) groups excluding carboxylic acids is 1. The molecule has 3 N–H and O–H groups in total. The van der Waals surface area contributed by atoms with E-state index in [0.717, 1.165) is 5.56 Å².